The summed E-state index contributed by atoms with van der Waals surface area (Å²) in [5.41, 5.74) is 13.1. The summed E-state index contributed by atoms with van der Waals surface area (Å²) in [6.07, 6.45) is -2.28. The number of esters is 3. The molecule has 0 aliphatic heterocycles. The van der Waals surface area contributed by atoms with Crippen LogP contribution in [0.4, 0.5) is 24.5 Å². The van der Waals surface area contributed by atoms with Crippen LogP contribution in [0, 0.1) is 0 Å². The molecule has 12 heteroatoms. The van der Waals surface area contributed by atoms with E-state index in [9.17, 15) is 27.6 Å². The highest BCUT2D eigenvalue weighted by molar-refractivity contribution is 5.92. The van der Waals surface area contributed by atoms with Crippen molar-refractivity contribution in [1.29, 1.82) is 0 Å². The largest absolute Gasteiger partial charge is 0.494 e. The van der Waals surface area contributed by atoms with Gasteiger partial charge in [-0.15, -0.1) is 0 Å². The van der Waals surface area contributed by atoms with E-state index in [1.54, 1.807) is 24.3 Å². The van der Waals surface area contributed by atoms with Crippen LogP contribution in [0.2, 0.25) is 0 Å². The molecule has 3 aromatic rings. The lowest BCUT2D eigenvalue weighted by Crippen LogP contribution is -2.10. The van der Waals surface area contributed by atoms with Gasteiger partial charge in [0.05, 0.1) is 30.9 Å². The Hall–Kier alpha value is -5.00. The second-order valence-electron chi connectivity index (χ2n) is 8.93. The molecule has 9 nitrogen and oxygen atoms in total. The SMILES string of the molecule is Nc1cc(N)cc(C(=O)OCCCOC(=O)C=Cc2ccc(OC(=O)c3ccc(OCCCC(F)(F)F)cc3)cc2)c1. The molecule has 0 fully saturated rings. The highest BCUT2D eigenvalue weighted by Crippen LogP contribution is 2.22. The smallest absolute Gasteiger partial charge is 0.389 e. The summed E-state index contributed by atoms with van der Waals surface area (Å²) in [5.74, 6) is -1.20. The van der Waals surface area contributed by atoms with Crippen LogP contribution in [-0.2, 0) is 14.3 Å². The number of hydrogen-bond acceptors (Lipinski definition) is 9. The van der Waals surface area contributed by atoms with Gasteiger partial charge in [0, 0.05) is 30.3 Å². The van der Waals surface area contributed by atoms with Gasteiger partial charge < -0.3 is 30.4 Å². The van der Waals surface area contributed by atoms with Gasteiger partial charge >= 0.3 is 24.1 Å². The molecule has 0 aliphatic carbocycles. The van der Waals surface area contributed by atoms with E-state index in [0.717, 1.165) is 0 Å². The van der Waals surface area contributed by atoms with Crippen LogP contribution < -0.4 is 20.9 Å². The summed E-state index contributed by atoms with van der Waals surface area (Å²) < 4.78 is 57.3. The molecule has 3 aromatic carbocycles. The molecule has 0 saturated carbocycles. The highest BCUT2D eigenvalue weighted by Gasteiger charge is 2.26. The van der Waals surface area contributed by atoms with Crippen molar-refractivity contribution in [3.8, 4) is 11.5 Å². The first-order chi connectivity index (χ1) is 20.0. The van der Waals surface area contributed by atoms with Crippen molar-refractivity contribution in [2.75, 3.05) is 31.3 Å². The number of nitrogen functional groups attached to an aromatic ring is 2. The van der Waals surface area contributed by atoms with E-state index in [2.05, 4.69) is 0 Å². The van der Waals surface area contributed by atoms with Crippen LogP contribution in [-0.4, -0.2) is 43.9 Å². The maximum atomic E-state index is 12.4. The number of carbonyl (C=O) groups is 3. The molecule has 0 aromatic heterocycles. The lowest BCUT2D eigenvalue weighted by molar-refractivity contribution is -0.138. The van der Waals surface area contributed by atoms with E-state index in [1.807, 2.05) is 0 Å². The molecule has 3 rings (SSSR count). The van der Waals surface area contributed by atoms with Gasteiger partial charge in [0.15, 0.2) is 0 Å². The van der Waals surface area contributed by atoms with E-state index in [-0.39, 0.29) is 43.1 Å². The average molecular weight is 587 g/mol. The number of nitrogens with two attached hydrogens (primary N) is 2. The van der Waals surface area contributed by atoms with Crippen molar-refractivity contribution >= 4 is 35.4 Å². The first-order valence-electron chi connectivity index (χ1n) is 12.8. The molecular weight excluding hydrogens is 557 g/mol. The Morgan fingerprint density at radius 1 is 0.714 bits per heavy atom. The van der Waals surface area contributed by atoms with Crippen LogP contribution in [0.25, 0.3) is 6.08 Å². The zero-order valence-corrected chi connectivity index (χ0v) is 22.4. The number of hydrogen-bond donors (Lipinski definition) is 2. The number of anilines is 2. The second kappa shape index (κ2) is 15.1. The van der Waals surface area contributed by atoms with E-state index >= 15 is 0 Å². The number of alkyl halides is 3. The highest BCUT2D eigenvalue weighted by atomic mass is 19.4. The van der Waals surface area contributed by atoms with Crippen molar-refractivity contribution in [1.82, 2.24) is 0 Å². The van der Waals surface area contributed by atoms with Crippen molar-refractivity contribution in [3.63, 3.8) is 0 Å². The minimum absolute atomic E-state index is 0.0357. The second-order valence-corrected chi connectivity index (χ2v) is 8.93. The Labute approximate surface area is 239 Å². The third-order valence-corrected chi connectivity index (χ3v) is 5.45. The van der Waals surface area contributed by atoms with Gasteiger partial charge in [0.2, 0.25) is 0 Å². The van der Waals surface area contributed by atoms with Gasteiger partial charge in [-0.2, -0.15) is 13.2 Å². The number of halogens is 3. The summed E-state index contributed by atoms with van der Waals surface area (Å²) in [4.78, 5) is 36.4. The fourth-order valence-electron chi connectivity index (χ4n) is 3.45. The Balaban J connectivity index is 1.35. The number of benzene rings is 3. The summed E-state index contributed by atoms with van der Waals surface area (Å²) in [6.45, 7) is -0.0230. The first kappa shape index (κ1) is 31.5. The minimum Gasteiger partial charge on any atom is -0.494 e. The Bertz CT molecular complexity index is 1370. The maximum Gasteiger partial charge on any atom is 0.389 e. The van der Waals surface area contributed by atoms with Crippen LogP contribution in [0.5, 0.6) is 11.5 Å². The number of ether oxygens (including phenoxy) is 4. The van der Waals surface area contributed by atoms with Gasteiger partial charge in [-0.25, -0.2) is 14.4 Å². The predicted octanol–water partition coefficient (Wildman–Crippen LogP) is 5.60. The Kier molecular flexibility index (Phi) is 11.4. The quantitative estimate of drug-likeness (QED) is 0.0862. The van der Waals surface area contributed by atoms with E-state index in [0.29, 0.717) is 29.1 Å². The summed E-state index contributed by atoms with van der Waals surface area (Å²) >= 11 is 0. The van der Waals surface area contributed by atoms with E-state index in [4.69, 9.17) is 30.4 Å². The summed E-state index contributed by atoms with van der Waals surface area (Å²) in [6, 6.07) is 16.6. The van der Waals surface area contributed by atoms with Gasteiger partial charge in [0.25, 0.3) is 0 Å². The fraction of sp³-hybridized carbons (Fsp3) is 0.233. The van der Waals surface area contributed by atoms with Gasteiger partial charge in [-0.3, -0.25) is 0 Å². The fourth-order valence-corrected chi connectivity index (χ4v) is 3.45. The van der Waals surface area contributed by atoms with E-state index < -0.39 is 30.5 Å². The van der Waals surface area contributed by atoms with Crippen LogP contribution in [0.1, 0.15) is 45.5 Å². The molecule has 0 bridgehead atoms. The lowest BCUT2D eigenvalue weighted by atomic mass is 10.2. The molecular formula is C30H29F3N2O7. The molecule has 0 unspecified atom stereocenters. The zero-order valence-electron chi connectivity index (χ0n) is 22.4. The predicted molar refractivity (Wildman–Crippen MR) is 149 cm³/mol. The monoisotopic (exact) mass is 586 g/mol. The number of rotatable bonds is 13. The Morgan fingerprint density at radius 3 is 1.98 bits per heavy atom. The van der Waals surface area contributed by atoms with Gasteiger partial charge in [-0.05, 0) is 72.7 Å². The third-order valence-electron chi connectivity index (χ3n) is 5.45. The van der Waals surface area contributed by atoms with Gasteiger partial charge in [0.1, 0.15) is 11.5 Å². The normalized spacial score (nSPS) is 11.2. The standard InChI is InChI=1S/C30H29F3N2O7/c31-30(32,33)13-1-14-39-25-10-6-21(7-11-25)29(38)42-26-8-3-20(4-9-26)5-12-27(36)40-15-2-16-41-28(37)22-17-23(34)19-24(35)18-22/h3-12,17-19H,1-2,13-16,34-35H2. The maximum absolute atomic E-state index is 12.4. The van der Waals surface area contributed by atoms with Crippen molar-refractivity contribution in [3.05, 3.63) is 89.5 Å². The molecule has 222 valence electrons. The minimum atomic E-state index is -4.23. The molecule has 0 aliphatic rings. The third kappa shape index (κ3) is 11.2. The van der Waals surface area contributed by atoms with Crippen molar-refractivity contribution in [2.45, 2.75) is 25.4 Å². The van der Waals surface area contributed by atoms with Crippen molar-refractivity contribution < 1.29 is 46.5 Å². The Morgan fingerprint density at radius 2 is 1.33 bits per heavy atom. The average Bonchev–Trinajstić information content (AvgIpc) is 2.94. The van der Waals surface area contributed by atoms with Gasteiger partial charge in [-0.1, -0.05) is 12.1 Å². The molecule has 0 spiro atoms. The van der Waals surface area contributed by atoms with Crippen LogP contribution >= 0.6 is 0 Å². The molecule has 0 saturated heterocycles. The summed E-state index contributed by atoms with van der Waals surface area (Å²) in [7, 11) is 0. The molecule has 4 N–H and O–H groups in total. The van der Waals surface area contributed by atoms with Crippen LogP contribution in [0.15, 0.2) is 72.8 Å². The van der Waals surface area contributed by atoms with Crippen molar-refractivity contribution in [2.24, 2.45) is 0 Å². The number of carbonyl (C=O) groups excluding carboxylic acids is 3. The molecule has 0 heterocycles. The molecule has 0 atom stereocenters. The lowest BCUT2D eigenvalue weighted by Gasteiger charge is -2.09. The van der Waals surface area contributed by atoms with E-state index in [1.165, 1.54) is 54.6 Å². The molecule has 0 amide bonds. The van der Waals surface area contributed by atoms with Crippen LogP contribution in [0.3, 0.4) is 0 Å². The molecule has 0 radical (unpaired) electrons. The summed E-state index contributed by atoms with van der Waals surface area (Å²) in [5, 5.41) is 0. The first-order valence-corrected chi connectivity index (χ1v) is 12.8. The zero-order chi connectivity index (χ0) is 30.5. The molecule has 42 heavy (non-hydrogen) atoms. The topological polar surface area (TPSA) is 140 Å².